The number of rotatable bonds is 7. The van der Waals surface area contributed by atoms with Crippen molar-refractivity contribution in [2.45, 2.75) is 24.3 Å². The van der Waals surface area contributed by atoms with Crippen LogP contribution in [-0.4, -0.2) is 57.4 Å². The van der Waals surface area contributed by atoms with E-state index in [9.17, 15) is 18.0 Å². The number of amides is 2. The fraction of sp³-hybridized carbons (Fsp3) is 0.364. The van der Waals surface area contributed by atoms with Crippen LogP contribution >= 0.6 is 0 Å². The van der Waals surface area contributed by atoms with Crippen LogP contribution < -0.4 is 10.6 Å². The highest BCUT2D eigenvalue weighted by atomic mass is 32.2. The van der Waals surface area contributed by atoms with Crippen LogP contribution in [0.2, 0.25) is 0 Å². The summed E-state index contributed by atoms with van der Waals surface area (Å²) >= 11 is 0. The van der Waals surface area contributed by atoms with Gasteiger partial charge in [-0.3, -0.25) is 9.59 Å². The molecule has 8 nitrogen and oxygen atoms in total. The molecule has 1 atom stereocenters. The molecule has 2 amide bonds. The highest BCUT2D eigenvalue weighted by Gasteiger charge is 2.26. The average Bonchev–Trinajstić information content (AvgIpc) is 2.80. The summed E-state index contributed by atoms with van der Waals surface area (Å²) in [5.74, 6) is -1.39. The van der Waals surface area contributed by atoms with Crippen LogP contribution in [0.5, 0.6) is 0 Å². The minimum Gasteiger partial charge on any atom is -0.379 e. The van der Waals surface area contributed by atoms with Crippen LogP contribution in [0.4, 0.5) is 0 Å². The van der Waals surface area contributed by atoms with Crippen molar-refractivity contribution in [1.82, 2.24) is 14.9 Å². The third kappa shape index (κ3) is 6.13. The first-order valence-electron chi connectivity index (χ1n) is 10.2. The molecule has 1 heterocycles. The Morgan fingerprint density at radius 1 is 1.00 bits per heavy atom. The topological polar surface area (TPSA) is 105 Å². The number of morpholine rings is 1. The molecule has 0 aliphatic carbocycles. The van der Waals surface area contributed by atoms with Gasteiger partial charge in [0.15, 0.2) is 0 Å². The first kappa shape index (κ1) is 22.9. The Kier molecular flexibility index (Phi) is 7.78. The molecular formula is C22H27N3O5S. The van der Waals surface area contributed by atoms with Gasteiger partial charge in [0.25, 0.3) is 0 Å². The summed E-state index contributed by atoms with van der Waals surface area (Å²) in [7, 11) is -3.53. The van der Waals surface area contributed by atoms with E-state index in [1.165, 1.54) is 4.31 Å². The van der Waals surface area contributed by atoms with Gasteiger partial charge in [0.1, 0.15) is 0 Å². The number of hydrogen-bond acceptors (Lipinski definition) is 5. The van der Waals surface area contributed by atoms with Gasteiger partial charge in [0.2, 0.25) is 10.0 Å². The first-order valence-corrected chi connectivity index (χ1v) is 11.6. The van der Waals surface area contributed by atoms with E-state index in [2.05, 4.69) is 10.6 Å². The Balaban J connectivity index is 1.47. The molecule has 0 bridgehead atoms. The third-order valence-corrected chi connectivity index (χ3v) is 7.00. The summed E-state index contributed by atoms with van der Waals surface area (Å²) in [4.78, 5) is 24.3. The van der Waals surface area contributed by atoms with E-state index in [4.69, 9.17) is 4.74 Å². The van der Waals surface area contributed by atoms with E-state index >= 15 is 0 Å². The highest BCUT2D eigenvalue weighted by Crippen LogP contribution is 2.18. The van der Waals surface area contributed by atoms with Gasteiger partial charge in [0.05, 0.1) is 24.2 Å². The van der Waals surface area contributed by atoms with Crippen molar-refractivity contribution in [2.24, 2.45) is 0 Å². The van der Waals surface area contributed by atoms with Gasteiger partial charge < -0.3 is 15.4 Å². The number of benzene rings is 2. The maximum absolute atomic E-state index is 12.6. The van der Waals surface area contributed by atoms with Gasteiger partial charge in [-0.1, -0.05) is 42.5 Å². The van der Waals surface area contributed by atoms with E-state index in [1.54, 1.807) is 24.3 Å². The summed E-state index contributed by atoms with van der Waals surface area (Å²) in [6.45, 7) is 3.57. The molecule has 0 unspecified atom stereocenters. The lowest BCUT2D eigenvalue weighted by Gasteiger charge is -2.26. The van der Waals surface area contributed by atoms with Gasteiger partial charge in [-0.2, -0.15) is 4.31 Å². The zero-order valence-electron chi connectivity index (χ0n) is 17.4. The summed E-state index contributed by atoms with van der Waals surface area (Å²) in [5, 5.41) is 5.26. The fourth-order valence-corrected chi connectivity index (χ4v) is 4.66. The lowest BCUT2D eigenvalue weighted by molar-refractivity contribution is -0.139. The summed E-state index contributed by atoms with van der Waals surface area (Å²) in [6, 6.07) is 15.7. The smallest absolute Gasteiger partial charge is 0.309 e. The van der Waals surface area contributed by atoms with Gasteiger partial charge in [-0.25, -0.2) is 8.42 Å². The average molecular weight is 446 g/mol. The molecule has 1 aliphatic rings. The minimum absolute atomic E-state index is 0.233. The van der Waals surface area contributed by atoms with Crippen molar-refractivity contribution in [3.63, 3.8) is 0 Å². The van der Waals surface area contributed by atoms with E-state index in [0.717, 1.165) is 11.1 Å². The van der Waals surface area contributed by atoms with Crippen molar-refractivity contribution in [3.8, 4) is 0 Å². The molecule has 9 heteroatoms. The standard InChI is InChI=1S/C22H27N3O5S/c1-17(19-5-3-2-4-6-19)24-22(27)21(26)23-12-11-18-7-9-20(10-8-18)31(28,29)25-13-15-30-16-14-25/h2-10,17H,11-16H2,1H3,(H,23,26)(H,24,27)/t17-/m1/s1. The third-order valence-electron chi connectivity index (χ3n) is 5.08. The number of carbonyl (C=O) groups excluding carboxylic acids is 2. The SMILES string of the molecule is C[C@@H](NC(=O)C(=O)NCCc1ccc(S(=O)(=O)N2CCOCC2)cc1)c1ccccc1. The van der Waals surface area contributed by atoms with E-state index in [-0.39, 0.29) is 17.5 Å². The van der Waals surface area contributed by atoms with Crippen LogP contribution in [0.25, 0.3) is 0 Å². The largest absolute Gasteiger partial charge is 0.379 e. The van der Waals surface area contributed by atoms with E-state index in [0.29, 0.717) is 32.7 Å². The Hall–Kier alpha value is -2.75. The van der Waals surface area contributed by atoms with Gasteiger partial charge in [-0.05, 0) is 36.6 Å². The summed E-state index contributed by atoms with van der Waals surface area (Å²) in [6.07, 6.45) is 0.477. The maximum Gasteiger partial charge on any atom is 0.309 e. The molecule has 1 fully saturated rings. The lowest BCUT2D eigenvalue weighted by Crippen LogP contribution is -2.41. The number of ether oxygens (including phenoxy) is 1. The van der Waals surface area contributed by atoms with Crippen molar-refractivity contribution in [1.29, 1.82) is 0 Å². The Morgan fingerprint density at radius 3 is 2.29 bits per heavy atom. The van der Waals surface area contributed by atoms with Crippen LogP contribution in [0.15, 0.2) is 59.5 Å². The molecule has 166 valence electrons. The second-order valence-corrected chi connectivity index (χ2v) is 9.21. The van der Waals surface area contributed by atoms with Gasteiger partial charge in [-0.15, -0.1) is 0 Å². The van der Waals surface area contributed by atoms with E-state index < -0.39 is 21.8 Å². The second kappa shape index (κ2) is 10.5. The molecule has 3 rings (SSSR count). The normalized spacial score (nSPS) is 15.8. The van der Waals surface area contributed by atoms with Crippen molar-refractivity contribution < 1.29 is 22.7 Å². The number of nitrogens with zero attached hydrogens (tertiary/aromatic N) is 1. The predicted octanol–water partition coefficient (Wildman–Crippen LogP) is 1.24. The van der Waals surface area contributed by atoms with Crippen molar-refractivity contribution in [2.75, 3.05) is 32.8 Å². The van der Waals surface area contributed by atoms with Crippen molar-refractivity contribution >= 4 is 21.8 Å². The molecule has 31 heavy (non-hydrogen) atoms. The zero-order chi connectivity index (χ0) is 22.3. The number of nitrogens with one attached hydrogen (secondary N) is 2. The molecule has 2 aromatic rings. The van der Waals surface area contributed by atoms with Crippen molar-refractivity contribution in [3.05, 3.63) is 65.7 Å². The fourth-order valence-electron chi connectivity index (χ4n) is 3.25. The quantitative estimate of drug-likeness (QED) is 0.624. The predicted molar refractivity (Wildman–Crippen MR) is 116 cm³/mol. The van der Waals surface area contributed by atoms with Crippen LogP contribution in [0.1, 0.15) is 24.1 Å². The Morgan fingerprint density at radius 2 is 1.65 bits per heavy atom. The lowest BCUT2D eigenvalue weighted by atomic mass is 10.1. The Labute approximate surface area is 182 Å². The number of carbonyl (C=O) groups is 2. The number of hydrogen-bond donors (Lipinski definition) is 2. The second-order valence-electron chi connectivity index (χ2n) is 7.27. The zero-order valence-corrected chi connectivity index (χ0v) is 18.2. The molecule has 1 aliphatic heterocycles. The minimum atomic E-state index is -3.53. The van der Waals surface area contributed by atoms with Crippen LogP contribution in [-0.2, 0) is 30.8 Å². The number of sulfonamides is 1. The maximum atomic E-state index is 12.6. The Bertz CT molecular complexity index is 988. The molecule has 2 aromatic carbocycles. The summed E-state index contributed by atoms with van der Waals surface area (Å²) < 4.78 is 31.9. The molecule has 0 radical (unpaired) electrons. The van der Waals surface area contributed by atoms with Crippen LogP contribution in [0.3, 0.4) is 0 Å². The molecule has 0 aromatic heterocycles. The van der Waals surface area contributed by atoms with Crippen LogP contribution in [0, 0.1) is 0 Å². The van der Waals surface area contributed by atoms with Gasteiger partial charge in [0, 0.05) is 19.6 Å². The van der Waals surface area contributed by atoms with E-state index in [1.807, 2.05) is 37.3 Å². The molecule has 0 spiro atoms. The highest BCUT2D eigenvalue weighted by molar-refractivity contribution is 7.89. The van der Waals surface area contributed by atoms with Gasteiger partial charge >= 0.3 is 11.8 Å². The molecule has 0 saturated carbocycles. The molecule has 2 N–H and O–H groups in total. The first-order chi connectivity index (χ1) is 14.9. The molecule has 1 saturated heterocycles. The summed E-state index contributed by atoms with van der Waals surface area (Å²) in [5.41, 5.74) is 1.77. The molecular weight excluding hydrogens is 418 g/mol. The monoisotopic (exact) mass is 445 g/mol.